The Morgan fingerprint density at radius 3 is 2.88 bits per heavy atom. The van der Waals surface area contributed by atoms with Crippen molar-refractivity contribution in [2.45, 2.75) is 46.1 Å². The molecule has 170 valence electrons. The van der Waals surface area contributed by atoms with Crippen molar-refractivity contribution in [3.8, 4) is 0 Å². The van der Waals surface area contributed by atoms with Gasteiger partial charge in [0.15, 0.2) is 11.5 Å². The summed E-state index contributed by atoms with van der Waals surface area (Å²) in [5.74, 6) is 1.43. The van der Waals surface area contributed by atoms with Crippen LogP contribution in [0, 0.1) is 6.92 Å². The summed E-state index contributed by atoms with van der Waals surface area (Å²) in [6.07, 6.45) is 7.01. The largest absolute Gasteiger partial charge is 0.386 e. The van der Waals surface area contributed by atoms with Gasteiger partial charge in [0.25, 0.3) is 0 Å². The lowest BCUT2D eigenvalue weighted by atomic mass is 9.92. The van der Waals surface area contributed by atoms with E-state index in [1.54, 1.807) is 0 Å². The Kier molecular flexibility index (Phi) is 7.53. The maximum Gasteiger partial charge on any atom is 0.162 e. The van der Waals surface area contributed by atoms with Crippen LogP contribution in [0.2, 0.25) is 0 Å². The quantitative estimate of drug-likeness (QED) is 0.436. The van der Waals surface area contributed by atoms with E-state index in [4.69, 9.17) is 5.73 Å². The van der Waals surface area contributed by atoms with Gasteiger partial charge < -0.3 is 21.3 Å². The smallest absolute Gasteiger partial charge is 0.162 e. The molecule has 2 aromatic heterocycles. The van der Waals surface area contributed by atoms with Crippen LogP contribution in [-0.2, 0) is 0 Å². The number of likely N-dealkylation sites (N-methyl/N-ethyl adjacent to an activating group) is 1. The number of rotatable bonds is 9. The van der Waals surface area contributed by atoms with Crippen molar-refractivity contribution in [1.82, 2.24) is 25.4 Å². The van der Waals surface area contributed by atoms with E-state index in [9.17, 15) is 0 Å². The molecule has 7 heteroatoms. The lowest BCUT2D eigenvalue weighted by molar-refractivity contribution is 0.268. The van der Waals surface area contributed by atoms with Gasteiger partial charge in [-0.05, 0) is 69.9 Å². The van der Waals surface area contributed by atoms with Crippen molar-refractivity contribution in [2.75, 3.05) is 18.4 Å². The number of nitrogens with one attached hydrogen (secondary N) is 3. The van der Waals surface area contributed by atoms with Crippen molar-refractivity contribution in [1.29, 1.82) is 0 Å². The zero-order valence-electron chi connectivity index (χ0n) is 19.5. The Balaban J connectivity index is 1.84. The molecular weight excluding hydrogens is 398 g/mol. The first-order valence-corrected chi connectivity index (χ1v) is 11.1. The molecule has 1 saturated heterocycles. The molecule has 1 aliphatic rings. The summed E-state index contributed by atoms with van der Waals surface area (Å²) < 4.78 is 0. The number of pyridine rings is 1. The number of allylic oxidation sites excluding steroid dienone is 4. The summed E-state index contributed by atoms with van der Waals surface area (Å²) in [4.78, 5) is 6.65. The standard InChI is InChI=1S/C25H35N7/c1-7-27-18(4)16(2)8-10-21-11-12-22(14-15-26)32(19(21)5)20(6)29-25-23-13-9-17(3)28-24(23)30-31-25/h8-10,13,22,27H,4-7,11-12,14-15,26H2,1-3H3,(H2,28,29,30,31)/b16-8+,21-10-. The van der Waals surface area contributed by atoms with Crippen LogP contribution in [0.15, 0.2) is 72.4 Å². The third-order valence-corrected chi connectivity index (χ3v) is 5.79. The van der Waals surface area contributed by atoms with Crippen LogP contribution in [0.5, 0.6) is 0 Å². The first kappa shape index (κ1) is 23.3. The number of anilines is 1. The fraction of sp³-hybridized carbons (Fsp3) is 0.360. The molecular formula is C25H35N7. The van der Waals surface area contributed by atoms with Crippen LogP contribution in [0.25, 0.3) is 11.0 Å². The number of H-pyrrole nitrogens is 1. The number of fused-ring (bicyclic) bond motifs is 1. The summed E-state index contributed by atoms with van der Waals surface area (Å²) >= 11 is 0. The van der Waals surface area contributed by atoms with Crippen LogP contribution in [0.4, 0.5) is 5.82 Å². The van der Waals surface area contributed by atoms with Crippen molar-refractivity contribution < 1.29 is 0 Å². The number of aromatic nitrogens is 3. The minimum Gasteiger partial charge on any atom is -0.386 e. The second kappa shape index (κ2) is 10.3. The monoisotopic (exact) mass is 433 g/mol. The highest BCUT2D eigenvalue weighted by molar-refractivity contribution is 5.87. The number of aromatic amines is 1. The fourth-order valence-electron chi connectivity index (χ4n) is 3.97. The van der Waals surface area contributed by atoms with E-state index in [0.717, 1.165) is 65.3 Å². The first-order valence-electron chi connectivity index (χ1n) is 11.1. The molecule has 7 nitrogen and oxygen atoms in total. The highest BCUT2D eigenvalue weighted by Gasteiger charge is 2.29. The maximum atomic E-state index is 5.91. The molecule has 3 heterocycles. The highest BCUT2D eigenvalue weighted by Crippen LogP contribution is 2.34. The lowest BCUT2D eigenvalue weighted by Gasteiger charge is -2.41. The molecule has 2 aromatic rings. The van der Waals surface area contributed by atoms with Crippen molar-refractivity contribution >= 4 is 16.9 Å². The summed E-state index contributed by atoms with van der Waals surface area (Å²) in [5.41, 5.74) is 11.7. The first-order chi connectivity index (χ1) is 15.3. The highest BCUT2D eigenvalue weighted by atomic mass is 15.3. The zero-order valence-corrected chi connectivity index (χ0v) is 19.5. The summed E-state index contributed by atoms with van der Waals surface area (Å²) in [6, 6.07) is 4.21. The third-order valence-electron chi connectivity index (χ3n) is 5.79. The maximum absolute atomic E-state index is 5.91. The van der Waals surface area contributed by atoms with Gasteiger partial charge in [0, 0.05) is 29.7 Å². The van der Waals surface area contributed by atoms with Crippen LogP contribution in [0.3, 0.4) is 0 Å². The van der Waals surface area contributed by atoms with Crippen molar-refractivity contribution in [2.24, 2.45) is 5.73 Å². The Morgan fingerprint density at radius 1 is 1.38 bits per heavy atom. The number of likely N-dealkylation sites (tertiary alicyclic amines) is 1. The molecule has 32 heavy (non-hydrogen) atoms. The number of hydrogen-bond acceptors (Lipinski definition) is 6. The van der Waals surface area contributed by atoms with Gasteiger partial charge in [-0.3, -0.25) is 5.10 Å². The van der Waals surface area contributed by atoms with E-state index in [0.29, 0.717) is 12.4 Å². The molecule has 1 atom stereocenters. The van der Waals surface area contributed by atoms with Gasteiger partial charge >= 0.3 is 0 Å². The normalized spacial score (nSPS) is 18.3. The van der Waals surface area contributed by atoms with E-state index in [1.165, 1.54) is 5.57 Å². The van der Waals surface area contributed by atoms with Crippen LogP contribution in [-0.4, -0.2) is 39.2 Å². The Bertz CT molecular complexity index is 1070. The van der Waals surface area contributed by atoms with E-state index >= 15 is 0 Å². The third kappa shape index (κ3) is 5.11. The molecule has 5 N–H and O–H groups in total. The zero-order chi connectivity index (χ0) is 23.3. The van der Waals surface area contributed by atoms with Crippen LogP contribution < -0.4 is 16.4 Å². The van der Waals surface area contributed by atoms with Crippen LogP contribution in [0.1, 0.15) is 38.8 Å². The lowest BCUT2D eigenvalue weighted by Crippen LogP contribution is -2.40. The van der Waals surface area contributed by atoms with Gasteiger partial charge in [-0.25, -0.2) is 4.98 Å². The molecule has 0 spiro atoms. The molecule has 0 aliphatic carbocycles. The molecule has 0 aromatic carbocycles. The van der Waals surface area contributed by atoms with Gasteiger partial charge in [0.05, 0.1) is 5.39 Å². The number of hydrogen-bond donors (Lipinski definition) is 4. The predicted octanol–water partition coefficient (Wildman–Crippen LogP) is 4.47. The molecule has 1 unspecified atom stereocenters. The Labute approximate surface area is 190 Å². The number of piperidine rings is 1. The molecule has 0 radical (unpaired) electrons. The predicted molar refractivity (Wildman–Crippen MR) is 134 cm³/mol. The Hall–Kier alpha value is -3.32. The molecule has 1 fully saturated rings. The number of nitrogens with zero attached hydrogens (tertiary/aromatic N) is 3. The van der Waals surface area contributed by atoms with E-state index in [-0.39, 0.29) is 6.04 Å². The molecule has 1 aliphatic heterocycles. The van der Waals surface area contributed by atoms with E-state index < -0.39 is 0 Å². The molecule has 0 saturated carbocycles. The SMILES string of the molecule is C=C(NCC)/C(C)=C/C=C1/CCC(CCN)N(C(=C)Nc2n[nH]c3nc(C)ccc23)C1=C. The average molecular weight is 434 g/mol. The van der Waals surface area contributed by atoms with E-state index in [1.807, 2.05) is 19.1 Å². The molecule has 3 rings (SSSR count). The summed E-state index contributed by atoms with van der Waals surface area (Å²) in [5, 5.41) is 14.9. The van der Waals surface area contributed by atoms with E-state index in [2.05, 4.69) is 76.5 Å². The summed E-state index contributed by atoms with van der Waals surface area (Å²) in [6.45, 7) is 20.3. The Morgan fingerprint density at radius 2 is 2.16 bits per heavy atom. The topological polar surface area (TPSA) is 94.9 Å². The molecule has 0 bridgehead atoms. The minimum atomic E-state index is 0.233. The van der Waals surface area contributed by atoms with Crippen molar-refractivity contribution in [3.05, 3.63) is 78.1 Å². The second-order valence-electron chi connectivity index (χ2n) is 8.13. The van der Waals surface area contributed by atoms with Gasteiger partial charge in [0.1, 0.15) is 5.82 Å². The van der Waals surface area contributed by atoms with Gasteiger partial charge in [-0.1, -0.05) is 31.9 Å². The second-order valence-corrected chi connectivity index (χ2v) is 8.13. The molecule has 0 amide bonds. The van der Waals surface area contributed by atoms with Crippen LogP contribution >= 0.6 is 0 Å². The number of aryl methyl sites for hydroxylation is 1. The minimum absolute atomic E-state index is 0.233. The van der Waals surface area contributed by atoms with Gasteiger partial charge in [-0.15, -0.1) is 0 Å². The average Bonchev–Trinajstić information content (AvgIpc) is 3.14. The summed E-state index contributed by atoms with van der Waals surface area (Å²) in [7, 11) is 0. The van der Waals surface area contributed by atoms with Crippen molar-refractivity contribution in [3.63, 3.8) is 0 Å². The van der Waals surface area contributed by atoms with Gasteiger partial charge in [0.2, 0.25) is 0 Å². The van der Waals surface area contributed by atoms with Gasteiger partial charge in [-0.2, -0.15) is 5.10 Å². The number of nitrogens with two attached hydrogens (primary N) is 1. The fourth-order valence-corrected chi connectivity index (χ4v) is 3.97.